The average molecular weight is 191 g/mol. The lowest BCUT2D eigenvalue weighted by molar-refractivity contribution is 1.18. The lowest BCUT2D eigenvalue weighted by atomic mass is 10.1. The Hall–Kier alpha value is -1.51. The van der Waals surface area contributed by atoms with Gasteiger partial charge in [-0.2, -0.15) is 0 Å². The van der Waals surface area contributed by atoms with Crippen LogP contribution in [-0.4, -0.2) is 20.1 Å². The zero-order chi connectivity index (χ0) is 10.7. The molecule has 3 heteroatoms. The fourth-order valence-corrected chi connectivity index (χ4v) is 1.46. The van der Waals surface area contributed by atoms with Crippen molar-refractivity contribution in [3.05, 3.63) is 29.3 Å². The third kappa shape index (κ3) is 2.05. The Morgan fingerprint density at radius 2 is 2.00 bits per heavy atom. The molecule has 0 fully saturated rings. The lowest BCUT2D eigenvalue weighted by Gasteiger charge is -2.20. The first kappa shape index (κ1) is 10.6. The fraction of sp³-hybridized carbons (Fsp3) is 0.364. The van der Waals surface area contributed by atoms with E-state index in [1.165, 1.54) is 11.1 Å². The van der Waals surface area contributed by atoms with Gasteiger partial charge in [-0.15, -0.1) is 0 Å². The Kier molecular flexibility index (Phi) is 3.12. The molecule has 2 N–H and O–H groups in total. The van der Waals surface area contributed by atoms with Crippen molar-refractivity contribution in [2.24, 2.45) is 10.7 Å². The van der Waals surface area contributed by atoms with Crippen LogP contribution in [0.25, 0.3) is 0 Å². The minimum Gasteiger partial charge on any atom is -0.370 e. The smallest absolute Gasteiger partial charge is 0.195 e. The third-order valence-corrected chi connectivity index (χ3v) is 2.29. The van der Waals surface area contributed by atoms with Gasteiger partial charge in [-0.25, -0.2) is 0 Å². The van der Waals surface area contributed by atoms with Gasteiger partial charge in [0.2, 0.25) is 0 Å². The SMILES string of the molecule is CN=C(N)N(C)c1ccc(C)cc1C. The molecule has 0 spiro atoms. The maximum absolute atomic E-state index is 5.73. The summed E-state index contributed by atoms with van der Waals surface area (Å²) in [6.07, 6.45) is 0. The number of anilines is 1. The summed E-state index contributed by atoms with van der Waals surface area (Å²) in [5, 5.41) is 0. The van der Waals surface area contributed by atoms with Gasteiger partial charge in [-0.05, 0) is 25.5 Å². The number of guanidine groups is 1. The van der Waals surface area contributed by atoms with Gasteiger partial charge >= 0.3 is 0 Å². The van der Waals surface area contributed by atoms with Gasteiger partial charge < -0.3 is 10.6 Å². The Balaban J connectivity index is 3.07. The summed E-state index contributed by atoms with van der Waals surface area (Å²) >= 11 is 0. The normalized spacial score (nSPS) is 11.6. The second kappa shape index (κ2) is 4.13. The standard InChI is InChI=1S/C11H17N3/c1-8-5-6-10(9(2)7-8)14(4)11(12)13-3/h5-7H,1-4H3,(H2,12,13). The Bertz CT molecular complexity index is 356. The van der Waals surface area contributed by atoms with E-state index in [4.69, 9.17) is 5.73 Å². The Morgan fingerprint density at radius 1 is 1.36 bits per heavy atom. The maximum Gasteiger partial charge on any atom is 0.195 e. The Morgan fingerprint density at radius 3 is 2.50 bits per heavy atom. The highest BCUT2D eigenvalue weighted by atomic mass is 15.2. The molecule has 1 aromatic carbocycles. The van der Waals surface area contributed by atoms with Crippen LogP contribution in [0.1, 0.15) is 11.1 Å². The van der Waals surface area contributed by atoms with Crippen LogP contribution in [-0.2, 0) is 0 Å². The third-order valence-electron chi connectivity index (χ3n) is 2.29. The summed E-state index contributed by atoms with van der Waals surface area (Å²) < 4.78 is 0. The van der Waals surface area contributed by atoms with E-state index in [2.05, 4.69) is 37.0 Å². The van der Waals surface area contributed by atoms with Crippen LogP contribution in [0.2, 0.25) is 0 Å². The summed E-state index contributed by atoms with van der Waals surface area (Å²) in [7, 11) is 3.61. The first-order valence-electron chi connectivity index (χ1n) is 4.59. The topological polar surface area (TPSA) is 41.6 Å². The molecular formula is C11H17N3. The molecule has 1 rings (SSSR count). The summed E-state index contributed by atoms with van der Waals surface area (Å²) in [6, 6.07) is 6.26. The summed E-state index contributed by atoms with van der Waals surface area (Å²) in [5.41, 5.74) is 9.29. The second-order valence-corrected chi connectivity index (χ2v) is 3.43. The Labute approximate surface area is 85.3 Å². The van der Waals surface area contributed by atoms with Gasteiger partial charge in [0.1, 0.15) is 0 Å². The van der Waals surface area contributed by atoms with Crippen LogP contribution in [0.3, 0.4) is 0 Å². The molecule has 0 aromatic heterocycles. The summed E-state index contributed by atoms with van der Waals surface area (Å²) in [4.78, 5) is 5.83. The number of hydrogen-bond donors (Lipinski definition) is 1. The molecule has 0 saturated carbocycles. The zero-order valence-electron chi connectivity index (χ0n) is 9.20. The van der Waals surface area contributed by atoms with Crippen molar-refractivity contribution in [2.75, 3.05) is 19.0 Å². The number of nitrogens with zero attached hydrogens (tertiary/aromatic N) is 2. The molecule has 0 unspecified atom stereocenters. The zero-order valence-corrected chi connectivity index (χ0v) is 9.20. The molecule has 3 nitrogen and oxygen atoms in total. The molecule has 14 heavy (non-hydrogen) atoms. The molecule has 0 heterocycles. The van der Waals surface area contributed by atoms with Crippen LogP contribution in [0, 0.1) is 13.8 Å². The van der Waals surface area contributed by atoms with E-state index >= 15 is 0 Å². The van der Waals surface area contributed by atoms with E-state index in [1.807, 2.05) is 11.9 Å². The van der Waals surface area contributed by atoms with E-state index in [1.54, 1.807) is 7.05 Å². The van der Waals surface area contributed by atoms with Crippen molar-refractivity contribution in [3.8, 4) is 0 Å². The van der Waals surface area contributed by atoms with Crippen molar-refractivity contribution >= 4 is 11.6 Å². The van der Waals surface area contributed by atoms with Crippen molar-refractivity contribution in [1.29, 1.82) is 0 Å². The predicted molar refractivity (Wildman–Crippen MR) is 61.9 cm³/mol. The van der Waals surface area contributed by atoms with E-state index in [9.17, 15) is 0 Å². The second-order valence-electron chi connectivity index (χ2n) is 3.43. The average Bonchev–Trinajstić information content (AvgIpc) is 2.15. The van der Waals surface area contributed by atoms with Gasteiger partial charge in [0.05, 0.1) is 0 Å². The summed E-state index contributed by atoms with van der Waals surface area (Å²) in [6.45, 7) is 4.15. The first-order valence-corrected chi connectivity index (χ1v) is 4.59. The van der Waals surface area contributed by atoms with Crippen LogP contribution in [0.15, 0.2) is 23.2 Å². The van der Waals surface area contributed by atoms with Crippen LogP contribution >= 0.6 is 0 Å². The molecule has 0 atom stereocenters. The minimum atomic E-state index is 0.525. The van der Waals surface area contributed by atoms with Gasteiger partial charge in [0, 0.05) is 19.8 Å². The van der Waals surface area contributed by atoms with Gasteiger partial charge in [-0.1, -0.05) is 17.7 Å². The number of rotatable bonds is 1. The van der Waals surface area contributed by atoms with E-state index in [-0.39, 0.29) is 0 Å². The summed E-state index contributed by atoms with van der Waals surface area (Å²) in [5.74, 6) is 0.525. The first-order chi connectivity index (χ1) is 6.56. The molecule has 0 aliphatic carbocycles. The maximum atomic E-state index is 5.73. The molecule has 0 aliphatic rings. The van der Waals surface area contributed by atoms with Gasteiger partial charge in [0.15, 0.2) is 5.96 Å². The molecule has 0 radical (unpaired) electrons. The largest absolute Gasteiger partial charge is 0.370 e. The highest BCUT2D eigenvalue weighted by molar-refractivity contribution is 5.94. The van der Waals surface area contributed by atoms with Crippen molar-refractivity contribution in [3.63, 3.8) is 0 Å². The van der Waals surface area contributed by atoms with Crippen molar-refractivity contribution in [1.82, 2.24) is 0 Å². The molecule has 76 valence electrons. The van der Waals surface area contributed by atoms with Crippen LogP contribution in [0.4, 0.5) is 5.69 Å². The number of aliphatic imine (C=N–C) groups is 1. The molecule has 1 aromatic rings. The number of hydrogen-bond acceptors (Lipinski definition) is 1. The lowest BCUT2D eigenvalue weighted by Crippen LogP contribution is -2.34. The van der Waals surface area contributed by atoms with Crippen molar-refractivity contribution in [2.45, 2.75) is 13.8 Å². The van der Waals surface area contributed by atoms with Crippen molar-refractivity contribution < 1.29 is 0 Å². The van der Waals surface area contributed by atoms with E-state index < -0.39 is 0 Å². The molecular weight excluding hydrogens is 174 g/mol. The molecule has 0 aliphatic heterocycles. The van der Waals surface area contributed by atoms with Crippen LogP contribution < -0.4 is 10.6 Å². The van der Waals surface area contributed by atoms with Gasteiger partial charge in [-0.3, -0.25) is 4.99 Å². The monoisotopic (exact) mass is 191 g/mol. The number of aryl methyl sites for hydroxylation is 2. The van der Waals surface area contributed by atoms with E-state index in [0.717, 1.165) is 5.69 Å². The fourth-order valence-electron chi connectivity index (χ4n) is 1.46. The predicted octanol–water partition coefficient (Wildman–Crippen LogP) is 1.68. The highest BCUT2D eigenvalue weighted by Gasteiger charge is 2.06. The quantitative estimate of drug-likeness (QED) is 0.542. The number of benzene rings is 1. The minimum absolute atomic E-state index is 0.525. The van der Waals surface area contributed by atoms with E-state index in [0.29, 0.717) is 5.96 Å². The molecule has 0 saturated heterocycles. The number of nitrogens with two attached hydrogens (primary N) is 1. The molecule has 0 amide bonds. The highest BCUT2D eigenvalue weighted by Crippen LogP contribution is 2.19. The van der Waals surface area contributed by atoms with Crippen LogP contribution in [0.5, 0.6) is 0 Å². The van der Waals surface area contributed by atoms with Gasteiger partial charge in [0.25, 0.3) is 0 Å². The molecule has 0 bridgehead atoms.